The number of nitrogens with one attached hydrogen (secondary N) is 1. The van der Waals surface area contributed by atoms with E-state index < -0.39 is 0 Å². The third kappa shape index (κ3) is 15.2. The van der Waals surface area contributed by atoms with Gasteiger partial charge in [-0.05, 0) is 127 Å². The Bertz CT molecular complexity index is 2030. The number of benzene rings is 5. The van der Waals surface area contributed by atoms with Gasteiger partial charge in [-0.25, -0.2) is 0 Å². The lowest BCUT2D eigenvalue weighted by Crippen LogP contribution is -2.14. The van der Waals surface area contributed by atoms with E-state index in [2.05, 4.69) is 225 Å². The lowest BCUT2D eigenvalue weighted by Gasteiger charge is -2.26. The van der Waals surface area contributed by atoms with Crippen molar-refractivity contribution in [3.8, 4) is 0 Å². The second kappa shape index (κ2) is 26.0. The zero-order valence-electron chi connectivity index (χ0n) is 34.1. The van der Waals surface area contributed by atoms with Crippen molar-refractivity contribution in [2.45, 2.75) is 45.4 Å². The number of hydrogen-bond donors (Lipinski definition) is 3. The molecule has 0 saturated carbocycles. The summed E-state index contributed by atoms with van der Waals surface area (Å²) in [6.07, 6.45) is 27.7. The highest BCUT2D eigenvalue weighted by Crippen LogP contribution is 2.36. The number of allylic oxidation sites excluding steroid dienone is 11. The number of nitrogens with two attached hydrogens (primary N) is 2. The second-order valence-corrected chi connectivity index (χ2v) is 13.7. The molecule has 0 radical (unpaired) electrons. The molecule has 0 bridgehead atoms. The third-order valence-corrected chi connectivity index (χ3v) is 9.51. The zero-order chi connectivity index (χ0) is 40.3. The van der Waals surface area contributed by atoms with Gasteiger partial charge in [0.2, 0.25) is 0 Å². The van der Waals surface area contributed by atoms with Crippen molar-refractivity contribution in [1.82, 2.24) is 5.32 Å². The van der Waals surface area contributed by atoms with Crippen molar-refractivity contribution in [1.29, 1.82) is 0 Å². The van der Waals surface area contributed by atoms with E-state index >= 15 is 0 Å². The topological polar surface area (TPSA) is 64.1 Å². The molecule has 5 aromatic carbocycles. The van der Waals surface area contributed by atoms with Gasteiger partial charge in [-0.15, -0.1) is 0 Å². The molecule has 5 aromatic rings. The van der Waals surface area contributed by atoms with Gasteiger partial charge in [0.15, 0.2) is 0 Å². The molecule has 0 heterocycles. The SMILES string of the molecule is C1=CC1.CN.C\C=C(/C=C(C(/C=C\C=C\N/C=C/CCCN)=C/c1ccccc1CC(C)C(c1ccccc1)c1ccccc1)\c1ccccc1)c1ccccc1. The smallest absolute Gasteiger partial charge is 0.0118 e. The van der Waals surface area contributed by atoms with Crippen LogP contribution in [0, 0.1) is 5.92 Å². The molecule has 292 valence electrons. The monoisotopic (exact) mass is 751 g/mol. The fourth-order valence-electron chi connectivity index (χ4n) is 6.66. The van der Waals surface area contributed by atoms with Gasteiger partial charge in [0, 0.05) is 12.1 Å². The molecule has 1 atom stereocenters. The average molecular weight is 752 g/mol. The fourth-order valence-corrected chi connectivity index (χ4v) is 6.66. The summed E-state index contributed by atoms with van der Waals surface area (Å²) in [5.41, 5.74) is 21.2. The van der Waals surface area contributed by atoms with Crippen LogP contribution < -0.4 is 16.8 Å². The largest absolute Gasteiger partial charge is 0.368 e. The zero-order valence-corrected chi connectivity index (χ0v) is 34.1. The summed E-state index contributed by atoms with van der Waals surface area (Å²) in [6.45, 7) is 5.21. The van der Waals surface area contributed by atoms with Crippen molar-refractivity contribution in [3.63, 3.8) is 0 Å². The van der Waals surface area contributed by atoms with Crippen molar-refractivity contribution >= 4 is 17.2 Å². The van der Waals surface area contributed by atoms with E-state index in [0.717, 1.165) is 36.0 Å². The summed E-state index contributed by atoms with van der Waals surface area (Å²) in [7, 11) is 1.50. The van der Waals surface area contributed by atoms with Crippen LogP contribution in [-0.2, 0) is 6.42 Å². The summed E-state index contributed by atoms with van der Waals surface area (Å²) in [5.74, 6) is 0.644. The lowest BCUT2D eigenvalue weighted by atomic mass is 9.78. The molecule has 3 heteroatoms. The Hall–Kier alpha value is -6.00. The highest BCUT2D eigenvalue weighted by molar-refractivity contribution is 5.94. The minimum absolute atomic E-state index is 0.281. The van der Waals surface area contributed by atoms with E-state index in [1.807, 2.05) is 12.4 Å². The van der Waals surface area contributed by atoms with Crippen molar-refractivity contribution in [2.75, 3.05) is 13.6 Å². The van der Waals surface area contributed by atoms with Crippen LogP contribution in [0.3, 0.4) is 0 Å². The van der Waals surface area contributed by atoms with E-state index in [9.17, 15) is 0 Å². The van der Waals surface area contributed by atoms with Crippen LogP contribution in [0.5, 0.6) is 0 Å². The molecule has 1 aliphatic rings. The van der Waals surface area contributed by atoms with Gasteiger partial charge in [-0.3, -0.25) is 0 Å². The van der Waals surface area contributed by atoms with Gasteiger partial charge in [-0.1, -0.05) is 189 Å². The molecule has 3 nitrogen and oxygen atoms in total. The minimum atomic E-state index is 0.281. The Morgan fingerprint density at radius 3 is 1.79 bits per heavy atom. The van der Waals surface area contributed by atoms with Crippen LogP contribution in [0.15, 0.2) is 212 Å². The van der Waals surface area contributed by atoms with Gasteiger partial charge < -0.3 is 16.8 Å². The highest BCUT2D eigenvalue weighted by atomic mass is 14.8. The quantitative estimate of drug-likeness (QED) is 0.0504. The first-order chi connectivity index (χ1) is 28.2. The summed E-state index contributed by atoms with van der Waals surface area (Å²) < 4.78 is 0. The van der Waals surface area contributed by atoms with Crippen LogP contribution in [0.25, 0.3) is 17.2 Å². The Labute approximate surface area is 343 Å². The Balaban J connectivity index is 0.00000135. The van der Waals surface area contributed by atoms with E-state index in [1.54, 1.807) is 0 Å². The molecule has 6 rings (SSSR count). The molecular formula is C54H61N3. The lowest BCUT2D eigenvalue weighted by molar-refractivity contribution is 0.509. The maximum Gasteiger partial charge on any atom is 0.0118 e. The van der Waals surface area contributed by atoms with Crippen LogP contribution >= 0.6 is 0 Å². The molecule has 0 aromatic heterocycles. The maximum atomic E-state index is 5.63. The number of rotatable bonds is 17. The predicted molar refractivity (Wildman–Crippen MR) is 249 cm³/mol. The maximum absolute atomic E-state index is 5.63. The highest BCUT2D eigenvalue weighted by Gasteiger charge is 2.22. The summed E-state index contributed by atoms with van der Waals surface area (Å²) in [4.78, 5) is 0. The van der Waals surface area contributed by atoms with Crippen molar-refractivity contribution < 1.29 is 0 Å². The molecule has 1 aliphatic carbocycles. The Morgan fingerprint density at radius 1 is 0.684 bits per heavy atom. The van der Waals surface area contributed by atoms with E-state index in [4.69, 9.17) is 5.73 Å². The van der Waals surface area contributed by atoms with E-state index in [-0.39, 0.29) is 5.92 Å². The molecule has 0 fully saturated rings. The predicted octanol–water partition coefficient (Wildman–Crippen LogP) is 12.7. The van der Waals surface area contributed by atoms with Crippen LogP contribution in [0.1, 0.15) is 72.4 Å². The van der Waals surface area contributed by atoms with Crippen molar-refractivity contribution in [2.24, 2.45) is 17.4 Å². The van der Waals surface area contributed by atoms with Gasteiger partial charge >= 0.3 is 0 Å². The van der Waals surface area contributed by atoms with Gasteiger partial charge in [0.05, 0.1) is 0 Å². The van der Waals surface area contributed by atoms with Crippen LogP contribution in [0.4, 0.5) is 0 Å². The first-order valence-corrected chi connectivity index (χ1v) is 20.2. The molecule has 0 amide bonds. The summed E-state index contributed by atoms with van der Waals surface area (Å²) in [6, 6.07) is 52.1. The molecule has 0 saturated heterocycles. The fraction of sp³-hybridized carbons (Fsp3) is 0.185. The summed E-state index contributed by atoms with van der Waals surface area (Å²) in [5, 5.41) is 3.26. The first-order valence-electron chi connectivity index (χ1n) is 20.2. The molecule has 1 unspecified atom stereocenters. The summed E-state index contributed by atoms with van der Waals surface area (Å²) >= 11 is 0. The van der Waals surface area contributed by atoms with E-state index in [1.165, 1.54) is 46.9 Å². The normalized spacial score (nSPS) is 13.3. The van der Waals surface area contributed by atoms with Crippen molar-refractivity contribution in [3.05, 3.63) is 246 Å². The van der Waals surface area contributed by atoms with Crippen LogP contribution in [0.2, 0.25) is 0 Å². The van der Waals surface area contributed by atoms with Gasteiger partial charge in [0.1, 0.15) is 0 Å². The molecule has 0 spiro atoms. The molecule has 0 aliphatic heterocycles. The first kappa shape index (κ1) is 43.7. The Morgan fingerprint density at radius 2 is 1.23 bits per heavy atom. The average Bonchev–Trinajstić information content (AvgIpc) is 4.17. The number of unbranched alkanes of at least 4 members (excludes halogenated alkanes) is 1. The Kier molecular flexibility index (Phi) is 19.9. The van der Waals surface area contributed by atoms with Gasteiger partial charge in [-0.2, -0.15) is 0 Å². The van der Waals surface area contributed by atoms with Crippen LogP contribution in [-0.4, -0.2) is 13.6 Å². The van der Waals surface area contributed by atoms with Gasteiger partial charge in [0.25, 0.3) is 0 Å². The molecule has 57 heavy (non-hydrogen) atoms. The third-order valence-electron chi connectivity index (χ3n) is 9.51. The molecular weight excluding hydrogens is 691 g/mol. The standard InChI is InChI=1S/C50H52N2.C3H4.CH5N/c1-3-41(42-23-9-4-10-24-42)39-49(43-25-11-5-12-26-43)48(33-19-22-36-52-35-21-8-20-34-51)38-47-32-18-17-31-46(47)37-40(2)50(44-27-13-6-14-28-44)45-29-15-7-16-30-45;1-2-3-1;1-2/h3-7,9-19,21-33,35-36,38-40,50,52H,8,20,34,37,51H2,1-2H3;1-2H,3H2;2H2,1H3/b33-19-,35-21+,36-22+,41-3+,48-38+,49-39+;;. The molecule has 5 N–H and O–H groups in total. The number of hydrogen-bond acceptors (Lipinski definition) is 3. The minimum Gasteiger partial charge on any atom is -0.368 e. The second-order valence-electron chi connectivity index (χ2n) is 13.7. The van der Waals surface area contributed by atoms with E-state index in [0.29, 0.717) is 12.5 Å².